The summed E-state index contributed by atoms with van der Waals surface area (Å²) >= 11 is 0. The fourth-order valence-corrected chi connectivity index (χ4v) is 1.13. The van der Waals surface area contributed by atoms with Crippen LogP contribution in [0.3, 0.4) is 0 Å². The van der Waals surface area contributed by atoms with Crippen LogP contribution < -0.4 is 5.73 Å². The van der Waals surface area contributed by atoms with Gasteiger partial charge in [0.25, 0.3) is 0 Å². The average Bonchev–Trinajstić information content (AvgIpc) is 2.18. The van der Waals surface area contributed by atoms with Gasteiger partial charge in [-0.25, -0.2) is 0 Å². The number of amides is 1. The third-order valence-corrected chi connectivity index (χ3v) is 2.28. The van der Waals surface area contributed by atoms with Crippen LogP contribution in [0.1, 0.15) is 12.6 Å². The Balaban J connectivity index is 2.95. The molecule has 80 valence electrons. The molecular formula is C10H12N2O3. The molecule has 0 aliphatic carbocycles. The molecule has 3 N–H and O–H groups in total. The maximum absolute atomic E-state index is 11.1. The van der Waals surface area contributed by atoms with Gasteiger partial charge < -0.3 is 10.8 Å². The number of pyridine rings is 1. The summed E-state index contributed by atoms with van der Waals surface area (Å²) in [6.45, 7) is 1.30. The number of aromatic nitrogens is 1. The lowest BCUT2D eigenvalue weighted by molar-refractivity contribution is -0.153. The molecule has 0 aliphatic rings. The molecule has 5 nitrogen and oxygen atoms in total. The van der Waals surface area contributed by atoms with Gasteiger partial charge in [-0.1, -0.05) is 6.07 Å². The topological polar surface area (TPSA) is 93.3 Å². The van der Waals surface area contributed by atoms with Crippen LogP contribution in [0.25, 0.3) is 0 Å². The number of nitrogens with two attached hydrogens (primary N) is 1. The van der Waals surface area contributed by atoms with Crippen molar-refractivity contribution >= 4 is 11.9 Å². The van der Waals surface area contributed by atoms with E-state index < -0.39 is 17.3 Å². The van der Waals surface area contributed by atoms with Gasteiger partial charge in [0.1, 0.15) is 5.41 Å². The first-order chi connectivity index (χ1) is 6.97. The normalized spacial score (nSPS) is 14.2. The van der Waals surface area contributed by atoms with Crippen LogP contribution in [0.2, 0.25) is 0 Å². The van der Waals surface area contributed by atoms with Gasteiger partial charge in [-0.3, -0.25) is 14.6 Å². The molecule has 1 rings (SSSR count). The average molecular weight is 208 g/mol. The summed E-state index contributed by atoms with van der Waals surface area (Å²) in [5.41, 5.74) is 4.00. The summed E-state index contributed by atoms with van der Waals surface area (Å²) in [6, 6.07) is 5.10. The van der Waals surface area contributed by atoms with Gasteiger partial charge in [0.2, 0.25) is 5.91 Å². The lowest BCUT2D eigenvalue weighted by atomic mass is 9.84. The molecule has 0 fully saturated rings. The Labute approximate surface area is 86.9 Å². The van der Waals surface area contributed by atoms with Crippen LogP contribution in [0.5, 0.6) is 0 Å². The van der Waals surface area contributed by atoms with Crippen molar-refractivity contribution < 1.29 is 14.7 Å². The minimum atomic E-state index is -1.60. The van der Waals surface area contributed by atoms with Crippen LogP contribution in [0.4, 0.5) is 0 Å². The number of carbonyl (C=O) groups excluding carboxylic acids is 1. The molecule has 0 spiro atoms. The molecule has 0 radical (unpaired) electrons. The zero-order valence-corrected chi connectivity index (χ0v) is 8.30. The molecule has 5 heteroatoms. The lowest BCUT2D eigenvalue weighted by Gasteiger charge is -2.19. The molecule has 0 saturated carbocycles. The summed E-state index contributed by atoms with van der Waals surface area (Å²) in [5, 5.41) is 8.94. The number of primary amides is 1. The monoisotopic (exact) mass is 208 g/mol. The van der Waals surface area contributed by atoms with Crippen LogP contribution in [-0.4, -0.2) is 22.0 Å². The predicted molar refractivity (Wildman–Crippen MR) is 52.9 cm³/mol. The number of carbonyl (C=O) groups is 2. The number of aliphatic carboxylic acids is 1. The Bertz CT molecular complexity index is 362. The third kappa shape index (κ3) is 2.31. The minimum absolute atomic E-state index is 0.00148. The summed E-state index contributed by atoms with van der Waals surface area (Å²) in [7, 11) is 0. The van der Waals surface area contributed by atoms with Gasteiger partial charge in [-0.05, 0) is 19.1 Å². The highest BCUT2D eigenvalue weighted by atomic mass is 16.4. The highest BCUT2D eigenvalue weighted by Gasteiger charge is 2.40. The van der Waals surface area contributed by atoms with Gasteiger partial charge >= 0.3 is 5.97 Å². The Morgan fingerprint density at radius 1 is 1.53 bits per heavy atom. The molecule has 1 aromatic rings. The van der Waals surface area contributed by atoms with E-state index in [0.29, 0.717) is 5.69 Å². The van der Waals surface area contributed by atoms with Crippen molar-refractivity contribution in [2.45, 2.75) is 13.3 Å². The number of carboxylic acids is 1. The maximum Gasteiger partial charge on any atom is 0.319 e. The Morgan fingerprint density at radius 3 is 2.60 bits per heavy atom. The summed E-state index contributed by atoms with van der Waals surface area (Å²) < 4.78 is 0. The first kappa shape index (κ1) is 11.2. The molecule has 1 amide bonds. The van der Waals surface area contributed by atoms with Crippen molar-refractivity contribution in [3.8, 4) is 0 Å². The summed E-state index contributed by atoms with van der Waals surface area (Å²) in [4.78, 5) is 26.0. The predicted octanol–water partition coefficient (Wildman–Crippen LogP) is 0.200. The van der Waals surface area contributed by atoms with Gasteiger partial charge in [0.15, 0.2) is 0 Å². The van der Waals surface area contributed by atoms with Crippen molar-refractivity contribution in [2.75, 3.05) is 0 Å². The van der Waals surface area contributed by atoms with E-state index >= 15 is 0 Å². The Kier molecular flexibility index (Phi) is 3.04. The zero-order valence-electron chi connectivity index (χ0n) is 8.30. The maximum atomic E-state index is 11.1. The van der Waals surface area contributed by atoms with Gasteiger partial charge in [0.05, 0.1) is 0 Å². The lowest BCUT2D eigenvalue weighted by Crippen LogP contribution is -2.43. The van der Waals surface area contributed by atoms with E-state index in [9.17, 15) is 9.59 Å². The standard InChI is InChI=1S/C10H12N2O3/c1-10(8(11)13,9(14)15)6-7-4-2-3-5-12-7/h2-5H,6H2,1H3,(H2,11,13)(H,14,15). The summed E-state index contributed by atoms with van der Waals surface area (Å²) in [5.74, 6) is -2.10. The molecule has 1 aromatic heterocycles. The number of rotatable bonds is 4. The van der Waals surface area contributed by atoms with Gasteiger partial charge in [-0.2, -0.15) is 0 Å². The fourth-order valence-electron chi connectivity index (χ4n) is 1.13. The molecule has 0 aromatic carbocycles. The van der Waals surface area contributed by atoms with Crippen molar-refractivity contribution in [1.29, 1.82) is 0 Å². The van der Waals surface area contributed by atoms with E-state index in [4.69, 9.17) is 10.8 Å². The first-order valence-corrected chi connectivity index (χ1v) is 4.40. The Hall–Kier alpha value is -1.91. The van der Waals surface area contributed by atoms with E-state index in [0.717, 1.165) is 0 Å². The smallest absolute Gasteiger partial charge is 0.319 e. The number of hydrogen-bond donors (Lipinski definition) is 2. The molecule has 15 heavy (non-hydrogen) atoms. The van der Waals surface area contributed by atoms with Crippen molar-refractivity contribution in [1.82, 2.24) is 4.98 Å². The highest BCUT2D eigenvalue weighted by Crippen LogP contribution is 2.21. The molecule has 0 saturated heterocycles. The summed E-state index contributed by atoms with van der Waals surface area (Å²) in [6.07, 6.45) is 1.54. The van der Waals surface area contributed by atoms with Crippen LogP contribution in [-0.2, 0) is 16.0 Å². The third-order valence-electron chi connectivity index (χ3n) is 2.28. The van der Waals surface area contributed by atoms with Gasteiger partial charge in [-0.15, -0.1) is 0 Å². The highest BCUT2D eigenvalue weighted by molar-refractivity contribution is 6.00. The molecular weight excluding hydrogens is 196 g/mol. The van der Waals surface area contributed by atoms with E-state index in [1.54, 1.807) is 24.4 Å². The Morgan fingerprint density at radius 2 is 2.20 bits per heavy atom. The van der Waals surface area contributed by atoms with Crippen LogP contribution >= 0.6 is 0 Å². The zero-order chi connectivity index (χ0) is 11.5. The SMILES string of the molecule is CC(Cc1ccccn1)(C(N)=O)C(=O)O. The number of hydrogen-bond acceptors (Lipinski definition) is 3. The largest absolute Gasteiger partial charge is 0.480 e. The molecule has 1 atom stereocenters. The second kappa shape index (κ2) is 4.08. The first-order valence-electron chi connectivity index (χ1n) is 4.40. The second-order valence-corrected chi connectivity index (χ2v) is 3.50. The van der Waals surface area contributed by atoms with E-state index in [-0.39, 0.29) is 6.42 Å². The van der Waals surface area contributed by atoms with Crippen molar-refractivity contribution in [3.63, 3.8) is 0 Å². The van der Waals surface area contributed by atoms with Crippen LogP contribution in [0, 0.1) is 5.41 Å². The fraction of sp³-hybridized carbons (Fsp3) is 0.300. The second-order valence-electron chi connectivity index (χ2n) is 3.50. The number of carboxylic acid groups (broad SMARTS) is 1. The molecule has 0 aliphatic heterocycles. The van der Waals surface area contributed by atoms with E-state index in [1.807, 2.05) is 0 Å². The van der Waals surface area contributed by atoms with Gasteiger partial charge in [0, 0.05) is 18.3 Å². The van der Waals surface area contributed by atoms with E-state index in [2.05, 4.69) is 4.98 Å². The molecule has 1 unspecified atom stereocenters. The van der Waals surface area contributed by atoms with Crippen molar-refractivity contribution in [3.05, 3.63) is 30.1 Å². The molecule has 0 bridgehead atoms. The minimum Gasteiger partial charge on any atom is -0.480 e. The number of nitrogens with zero attached hydrogens (tertiary/aromatic N) is 1. The van der Waals surface area contributed by atoms with E-state index in [1.165, 1.54) is 6.92 Å². The molecule has 1 heterocycles. The van der Waals surface area contributed by atoms with Crippen LogP contribution in [0.15, 0.2) is 24.4 Å². The van der Waals surface area contributed by atoms with Crippen molar-refractivity contribution in [2.24, 2.45) is 11.1 Å². The quantitative estimate of drug-likeness (QED) is 0.691.